The van der Waals surface area contributed by atoms with Gasteiger partial charge in [0.15, 0.2) is 9.84 Å². The van der Waals surface area contributed by atoms with Crippen LogP contribution in [0.2, 0.25) is 0 Å². The standard InChI is InChI=1S/C37H52FN5O5S/c1-36(2,39)34(44)40-24-37(27-6-4-7-28(38)20-27,32-8-5-9-33(32)41-35(45)48-3)26-16-18-42(19-17-26)21-25-22-43(23-25)29-10-12-30(13-11-29)49(46,47)31-14-15-31/h4,6-7,10-13,20,25-26,31-33H,5,8-9,14-19,21-24,39H2,1-3H3,(H,40,44)(H,41,45)/t32-,33-,37?/m0/s1. The number of carbonyl (C=O) groups excluding carboxylic acids is 2. The van der Waals surface area contributed by atoms with Crippen molar-refractivity contribution in [2.45, 2.75) is 85.9 Å². The third kappa shape index (κ3) is 7.61. The fourth-order valence-corrected chi connectivity index (χ4v) is 10.3. The number of hydrogen-bond donors (Lipinski definition) is 3. The summed E-state index contributed by atoms with van der Waals surface area (Å²) < 4.78 is 45.1. The molecule has 2 saturated heterocycles. The molecule has 268 valence electrons. The minimum absolute atomic E-state index is 0.0445. The summed E-state index contributed by atoms with van der Waals surface area (Å²) in [5.74, 6) is -0.00471. The van der Waals surface area contributed by atoms with E-state index >= 15 is 0 Å². The van der Waals surface area contributed by atoms with Crippen LogP contribution in [0, 0.1) is 23.6 Å². The number of anilines is 1. The largest absolute Gasteiger partial charge is 0.453 e. The lowest BCUT2D eigenvalue weighted by atomic mass is 9.58. The highest BCUT2D eigenvalue weighted by molar-refractivity contribution is 7.92. The molecule has 2 aromatic carbocycles. The number of alkyl carbamates (subject to hydrolysis) is 1. The van der Waals surface area contributed by atoms with Crippen molar-refractivity contribution in [1.29, 1.82) is 0 Å². The highest BCUT2D eigenvalue weighted by Gasteiger charge is 2.52. The van der Waals surface area contributed by atoms with Gasteiger partial charge in [0.05, 0.1) is 22.8 Å². The lowest BCUT2D eigenvalue weighted by Crippen LogP contribution is -2.60. The Morgan fingerprint density at radius 3 is 2.31 bits per heavy atom. The van der Waals surface area contributed by atoms with Gasteiger partial charge in [0.25, 0.3) is 0 Å². The first-order valence-electron chi connectivity index (χ1n) is 17.8. The second-order valence-electron chi connectivity index (χ2n) is 15.3. The molecule has 1 unspecified atom stereocenters. The molecule has 2 amide bonds. The first kappa shape index (κ1) is 35.6. The van der Waals surface area contributed by atoms with Crippen LogP contribution in [0.3, 0.4) is 0 Å². The molecule has 12 heteroatoms. The zero-order valence-corrected chi connectivity index (χ0v) is 29.8. The van der Waals surface area contributed by atoms with Gasteiger partial charge >= 0.3 is 6.09 Å². The van der Waals surface area contributed by atoms with Gasteiger partial charge in [-0.05, 0) is 119 Å². The van der Waals surface area contributed by atoms with E-state index in [0.29, 0.717) is 17.4 Å². The lowest BCUT2D eigenvalue weighted by Gasteiger charge is -2.51. The monoisotopic (exact) mass is 697 g/mol. The summed E-state index contributed by atoms with van der Waals surface area (Å²) in [4.78, 5) is 30.9. The number of nitrogens with two attached hydrogens (primary N) is 1. The van der Waals surface area contributed by atoms with Crippen LogP contribution in [-0.2, 0) is 24.8 Å². The molecule has 0 bridgehead atoms. The zero-order valence-electron chi connectivity index (χ0n) is 29.0. The van der Waals surface area contributed by atoms with Crippen molar-refractivity contribution in [3.05, 3.63) is 59.9 Å². The number of ether oxygens (including phenoxy) is 1. The van der Waals surface area contributed by atoms with Gasteiger partial charge in [0.2, 0.25) is 5.91 Å². The molecule has 0 radical (unpaired) electrons. The fraction of sp³-hybridized carbons (Fsp3) is 0.622. The molecular weight excluding hydrogens is 646 g/mol. The predicted molar refractivity (Wildman–Crippen MR) is 188 cm³/mol. The topological polar surface area (TPSA) is 134 Å². The molecule has 2 aliphatic heterocycles. The Labute approximate surface area is 290 Å². The molecule has 2 saturated carbocycles. The maximum atomic E-state index is 15.0. The quantitative estimate of drug-likeness (QED) is 0.300. The number of carbonyl (C=O) groups is 2. The van der Waals surface area contributed by atoms with Gasteiger partial charge in [-0.15, -0.1) is 0 Å². The first-order chi connectivity index (χ1) is 23.3. The maximum absolute atomic E-state index is 15.0. The Hall–Kier alpha value is -3.22. The molecule has 4 N–H and O–H groups in total. The van der Waals surface area contributed by atoms with E-state index in [2.05, 4.69) is 20.4 Å². The molecule has 4 fully saturated rings. The molecule has 10 nitrogen and oxygen atoms in total. The summed E-state index contributed by atoms with van der Waals surface area (Å²) in [5, 5.41) is 6.03. The zero-order chi connectivity index (χ0) is 35.0. The summed E-state index contributed by atoms with van der Waals surface area (Å²) in [6, 6.07) is 13.9. The Bertz CT molecular complexity index is 1600. The Morgan fingerprint density at radius 2 is 1.69 bits per heavy atom. The number of rotatable bonds is 12. The van der Waals surface area contributed by atoms with E-state index in [9.17, 15) is 22.4 Å². The number of likely N-dealkylation sites (tertiary alicyclic amines) is 1. The normalized spacial score (nSPS) is 23.8. The van der Waals surface area contributed by atoms with Crippen molar-refractivity contribution >= 4 is 27.5 Å². The van der Waals surface area contributed by atoms with Crippen molar-refractivity contribution in [3.63, 3.8) is 0 Å². The average Bonchev–Trinajstić information content (AvgIpc) is 3.83. The number of methoxy groups -OCH3 is 1. The lowest BCUT2D eigenvalue weighted by molar-refractivity contribution is -0.125. The molecule has 49 heavy (non-hydrogen) atoms. The van der Waals surface area contributed by atoms with Crippen LogP contribution in [0.5, 0.6) is 0 Å². The van der Waals surface area contributed by atoms with Gasteiger partial charge in [-0.25, -0.2) is 17.6 Å². The highest BCUT2D eigenvalue weighted by Crippen LogP contribution is 2.50. The first-order valence-corrected chi connectivity index (χ1v) is 19.3. The molecular formula is C37H52FN5O5S. The number of hydrogen-bond acceptors (Lipinski definition) is 8. The van der Waals surface area contributed by atoms with E-state index in [1.165, 1.54) is 13.2 Å². The molecule has 4 aliphatic rings. The van der Waals surface area contributed by atoms with E-state index in [4.69, 9.17) is 10.5 Å². The minimum Gasteiger partial charge on any atom is -0.453 e. The summed E-state index contributed by atoms with van der Waals surface area (Å²) in [5.41, 5.74) is 6.38. The van der Waals surface area contributed by atoms with Gasteiger partial charge in [-0.1, -0.05) is 18.6 Å². The van der Waals surface area contributed by atoms with Crippen molar-refractivity contribution in [1.82, 2.24) is 15.5 Å². The Morgan fingerprint density at radius 1 is 1.00 bits per heavy atom. The number of piperidine rings is 1. The molecule has 0 spiro atoms. The molecule has 3 atom stereocenters. The minimum atomic E-state index is -3.19. The third-order valence-corrected chi connectivity index (χ3v) is 13.7. The SMILES string of the molecule is COC(=O)N[C@H]1CCC[C@@H]1C(CNC(=O)C(C)(C)N)(c1cccc(F)c1)C1CCN(CC2CN(c3ccc(S(=O)(=O)C4CC4)cc3)C2)CC1. The number of halogens is 1. The second-order valence-corrected chi connectivity index (χ2v) is 17.5. The average molecular weight is 698 g/mol. The molecule has 2 aliphatic carbocycles. The van der Waals surface area contributed by atoms with Crippen molar-refractivity contribution in [2.75, 3.05) is 51.3 Å². The van der Waals surface area contributed by atoms with Crippen LogP contribution in [0.25, 0.3) is 0 Å². The van der Waals surface area contributed by atoms with Gasteiger partial charge in [0.1, 0.15) is 5.82 Å². The Kier molecular flexibility index (Phi) is 10.3. The fourth-order valence-electron chi connectivity index (χ4n) is 8.63. The second kappa shape index (κ2) is 14.2. The molecule has 2 heterocycles. The van der Waals surface area contributed by atoms with Crippen LogP contribution >= 0.6 is 0 Å². The van der Waals surface area contributed by atoms with Crippen LogP contribution in [-0.4, -0.2) is 88.5 Å². The summed E-state index contributed by atoms with van der Waals surface area (Å²) in [6.07, 6.45) is 5.29. The van der Waals surface area contributed by atoms with Gasteiger partial charge in [-0.3, -0.25) is 4.79 Å². The van der Waals surface area contributed by atoms with E-state index < -0.39 is 26.9 Å². The molecule has 0 aromatic heterocycles. The number of amides is 2. The van der Waals surface area contributed by atoms with Crippen LogP contribution in [0.1, 0.15) is 64.4 Å². The van der Waals surface area contributed by atoms with Crippen molar-refractivity contribution < 1.29 is 27.1 Å². The molecule has 2 aromatic rings. The van der Waals surface area contributed by atoms with E-state index in [0.717, 1.165) is 88.9 Å². The number of sulfone groups is 1. The van der Waals surface area contributed by atoms with Gasteiger partial charge in [0, 0.05) is 49.2 Å². The predicted octanol–water partition coefficient (Wildman–Crippen LogP) is 4.23. The number of nitrogens with zero attached hydrogens (tertiary/aromatic N) is 2. The van der Waals surface area contributed by atoms with Crippen molar-refractivity contribution in [2.24, 2.45) is 23.5 Å². The number of nitrogens with one attached hydrogen (secondary N) is 2. The van der Waals surface area contributed by atoms with Crippen LogP contribution < -0.4 is 21.3 Å². The summed E-state index contributed by atoms with van der Waals surface area (Å²) in [7, 11) is -1.83. The van der Waals surface area contributed by atoms with Gasteiger partial charge in [-0.2, -0.15) is 0 Å². The number of benzene rings is 2. The van der Waals surface area contributed by atoms with E-state index in [1.54, 1.807) is 38.1 Å². The van der Waals surface area contributed by atoms with Crippen molar-refractivity contribution in [3.8, 4) is 0 Å². The Balaban J connectivity index is 1.16. The van der Waals surface area contributed by atoms with Gasteiger partial charge < -0.3 is 30.9 Å². The maximum Gasteiger partial charge on any atom is 0.407 e. The highest BCUT2D eigenvalue weighted by atomic mass is 32.2. The molecule has 6 rings (SSSR count). The van der Waals surface area contributed by atoms with Crippen LogP contribution in [0.4, 0.5) is 14.9 Å². The van der Waals surface area contributed by atoms with E-state index in [-0.39, 0.29) is 34.9 Å². The van der Waals surface area contributed by atoms with E-state index in [1.807, 2.05) is 18.2 Å². The smallest absolute Gasteiger partial charge is 0.407 e. The third-order valence-electron chi connectivity index (χ3n) is 11.4. The summed E-state index contributed by atoms with van der Waals surface area (Å²) in [6.45, 7) is 8.23. The van der Waals surface area contributed by atoms with Crippen LogP contribution in [0.15, 0.2) is 53.4 Å². The summed E-state index contributed by atoms with van der Waals surface area (Å²) >= 11 is 0.